The number of rotatable bonds is 5. The lowest BCUT2D eigenvalue weighted by atomic mass is 10.1. The molecule has 2 aromatic carbocycles. The number of allylic oxidation sites excluding steroid dienone is 1. The van der Waals surface area contributed by atoms with Crippen molar-refractivity contribution in [1.29, 1.82) is 0 Å². The Labute approximate surface area is 167 Å². The van der Waals surface area contributed by atoms with E-state index in [-0.39, 0.29) is 12.5 Å². The van der Waals surface area contributed by atoms with Crippen LogP contribution in [-0.2, 0) is 16.1 Å². The van der Waals surface area contributed by atoms with Crippen molar-refractivity contribution < 1.29 is 14.3 Å². The molecule has 0 unspecified atom stereocenters. The second-order valence-electron chi connectivity index (χ2n) is 6.19. The molecule has 1 saturated heterocycles. The lowest BCUT2D eigenvalue weighted by Gasteiger charge is -2.15. The topological polar surface area (TPSA) is 58.6 Å². The first-order valence-electron chi connectivity index (χ1n) is 8.85. The average molecular weight is 429 g/mol. The third kappa shape index (κ3) is 4.77. The van der Waals surface area contributed by atoms with Gasteiger partial charge in [-0.2, -0.15) is 0 Å². The molecule has 0 bridgehead atoms. The van der Waals surface area contributed by atoms with Crippen molar-refractivity contribution >= 4 is 33.6 Å². The lowest BCUT2D eigenvalue weighted by Crippen LogP contribution is -2.33. The number of carbonyl (C=O) groups excluding carboxylic acids is 2. The first-order valence-corrected chi connectivity index (χ1v) is 9.65. The Balaban J connectivity index is 1.67. The third-order valence-electron chi connectivity index (χ3n) is 4.37. The van der Waals surface area contributed by atoms with Crippen LogP contribution in [0.25, 0.3) is 0 Å². The van der Waals surface area contributed by atoms with Gasteiger partial charge in [-0.05, 0) is 42.7 Å². The number of nitrogens with zero attached hydrogens (tertiary/aromatic N) is 1. The molecule has 1 aliphatic heterocycles. The molecule has 1 aliphatic rings. The van der Waals surface area contributed by atoms with E-state index in [1.807, 2.05) is 61.5 Å². The van der Waals surface area contributed by atoms with E-state index in [9.17, 15) is 9.59 Å². The van der Waals surface area contributed by atoms with Gasteiger partial charge in [-0.1, -0.05) is 53.2 Å². The van der Waals surface area contributed by atoms with Gasteiger partial charge < -0.3 is 10.1 Å². The van der Waals surface area contributed by atoms with Crippen molar-refractivity contribution in [1.82, 2.24) is 4.90 Å². The Kier molecular flexibility index (Phi) is 6.29. The lowest BCUT2D eigenvalue weighted by molar-refractivity contribution is -0.123. The number of anilines is 1. The fraction of sp³-hybridized carbons (Fsp3) is 0.238. The first-order chi connectivity index (χ1) is 13.1. The number of carbonyl (C=O) groups is 2. The maximum absolute atomic E-state index is 12.7. The quantitative estimate of drug-likeness (QED) is 0.673. The van der Waals surface area contributed by atoms with Crippen LogP contribution >= 0.6 is 15.9 Å². The normalized spacial score (nSPS) is 15.6. The Morgan fingerprint density at radius 2 is 1.85 bits per heavy atom. The second-order valence-corrected chi connectivity index (χ2v) is 7.11. The molecule has 0 aromatic heterocycles. The number of hydrogen-bond donors (Lipinski definition) is 1. The van der Waals surface area contributed by atoms with E-state index >= 15 is 0 Å². The summed E-state index contributed by atoms with van der Waals surface area (Å²) in [5, 5.41) is 3.30. The number of nitrogens with one attached hydrogen (secondary N) is 1. The Morgan fingerprint density at radius 3 is 2.52 bits per heavy atom. The highest BCUT2D eigenvalue weighted by Gasteiger charge is 2.34. The number of imide groups is 1. The van der Waals surface area contributed by atoms with E-state index in [2.05, 4.69) is 21.2 Å². The third-order valence-corrected chi connectivity index (χ3v) is 4.90. The van der Waals surface area contributed by atoms with E-state index in [1.54, 1.807) is 0 Å². The summed E-state index contributed by atoms with van der Waals surface area (Å²) in [6.45, 7) is 2.48. The fourth-order valence-corrected chi connectivity index (χ4v) is 3.20. The number of amides is 2. The van der Waals surface area contributed by atoms with Gasteiger partial charge in [-0.15, -0.1) is 0 Å². The van der Waals surface area contributed by atoms with Crippen molar-refractivity contribution in [3.63, 3.8) is 0 Å². The Bertz CT molecular complexity index is 847. The number of halogens is 1. The van der Waals surface area contributed by atoms with E-state index in [1.165, 1.54) is 4.90 Å². The number of hydrogen-bond acceptors (Lipinski definition) is 4. The van der Waals surface area contributed by atoms with Crippen LogP contribution in [-0.4, -0.2) is 23.4 Å². The zero-order valence-corrected chi connectivity index (χ0v) is 16.7. The molecular weight excluding hydrogens is 408 g/mol. The van der Waals surface area contributed by atoms with Crippen LogP contribution < -0.4 is 5.32 Å². The predicted octanol–water partition coefficient (Wildman–Crippen LogP) is 5.09. The first kappa shape index (κ1) is 19.2. The van der Waals surface area contributed by atoms with Gasteiger partial charge in [-0.25, -0.2) is 9.69 Å². The van der Waals surface area contributed by atoms with Gasteiger partial charge in [0.2, 0.25) is 0 Å². The highest BCUT2D eigenvalue weighted by Crippen LogP contribution is 2.25. The van der Waals surface area contributed by atoms with Gasteiger partial charge in [0.05, 0.1) is 0 Å². The van der Waals surface area contributed by atoms with E-state index < -0.39 is 6.09 Å². The Hall–Kier alpha value is -2.60. The summed E-state index contributed by atoms with van der Waals surface area (Å²) in [7, 11) is 0. The molecule has 2 aromatic rings. The monoisotopic (exact) mass is 428 g/mol. The average Bonchev–Trinajstić information content (AvgIpc) is 3.08. The van der Waals surface area contributed by atoms with Crippen molar-refractivity contribution in [2.75, 3.05) is 11.9 Å². The van der Waals surface area contributed by atoms with Crippen molar-refractivity contribution in [3.05, 3.63) is 75.9 Å². The largest absolute Gasteiger partial charge is 0.444 e. The summed E-state index contributed by atoms with van der Waals surface area (Å²) in [4.78, 5) is 26.2. The second kappa shape index (κ2) is 8.86. The van der Waals surface area contributed by atoms with Crippen molar-refractivity contribution in [2.24, 2.45) is 0 Å². The van der Waals surface area contributed by atoms with Crippen LogP contribution in [0.2, 0.25) is 0 Å². The molecule has 5 nitrogen and oxygen atoms in total. The fourth-order valence-electron chi connectivity index (χ4n) is 2.93. The number of likely N-dealkylation sites (tertiary alicyclic amines) is 1. The highest BCUT2D eigenvalue weighted by atomic mass is 79.9. The van der Waals surface area contributed by atoms with Gasteiger partial charge in [0.25, 0.3) is 5.91 Å². The molecule has 1 heterocycles. The smallest absolute Gasteiger partial charge is 0.417 e. The van der Waals surface area contributed by atoms with Gasteiger partial charge in [0.1, 0.15) is 6.61 Å². The molecular formula is C21H21BrN2O3. The zero-order chi connectivity index (χ0) is 19.2. The van der Waals surface area contributed by atoms with Crippen molar-refractivity contribution in [3.8, 4) is 0 Å². The van der Waals surface area contributed by atoms with E-state index in [0.29, 0.717) is 25.0 Å². The molecule has 1 fully saturated rings. The van der Waals surface area contributed by atoms with Crippen LogP contribution in [0.5, 0.6) is 0 Å². The summed E-state index contributed by atoms with van der Waals surface area (Å²) >= 11 is 3.41. The summed E-state index contributed by atoms with van der Waals surface area (Å²) in [5.41, 5.74) is 3.26. The summed E-state index contributed by atoms with van der Waals surface area (Å²) in [5.74, 6) is -0.283. The molecule has 27 heavy (non-hydrogen) atoms. The minimum Gasteiger partial charge on any atom is -0.444 e. The molecule has 0 atom stereocenters. The molecule has 0 radical (unpaired) electrons. The molecule has 140 valence electrons. The number of ether oxygens (including phenoxy) is 1. The highest BCUT2D eigenvalue weighted by molar-refractivity contribution is 9.10. The van der Waals surface area contributed by atoms with Crippen LogP contribution in [0.3, 0.4) is 0 Å². The van der Waals surface area contributed by atoms with Crippen LogP contribution in [0.1, 0.15) is 25.3 Å². The molecule has 3 rings (SSSR count). The van der Waals surface area contributed by atoms with E-state index in [4.69, 9.17) is 4.74 Å². The molecule has 1 N–H and O–H groups in total. The summed E-state index contributed by atoms with van der Waals surface area (Å²) in [6.07, 6.45) is 0.591. The van der Waals surface area contributed by atoms with E-state index in [0.717, 1.165) is 21.4 Å². The van der Waals surface area contributed by atoms with Gasteiger partial charge in [-0.3, -0.25) is 4.79 Å². The predicted molar refractivity (Wildman–Crippen MR) is 108 cm³/mol. The number of benzene rings is 2. The van der Waals surface area contributed by atoms with Gasteiger partial charge in [0.15, 0.2) is 0 Å². The molecule has 0 aliphatic carbocycles. The minimum absolute atomic E-state index is 0.153. The van der Waals surface area contributed by atoms with Crippen LogP contribution in [0.15, 0.2) is 70.3 Å². The Morgan fingerprint density at radius 1 is 1.15 bits per heavy atom. The van der Waals surface area contributed by atoms with Crippen LogP contribution in [0.4, 0.5) is 10.5 Å². The maximum atomic E-state index is 12.7. The molecule has 0 spiro atoms. The standard InChI is InChI=1S/C21H21BrN2O3/c1-2-19(23-17-10-8-16(22)9-11-17)18-12-13-24(20(18)25)21(26)27-14-15-6-4-3-5-7-15/h3-11,23H,2,12-14H2,1H3/b19-18-. The minimum atomic E-state index is -0.599. The summed E-state index contributed by atoms with van der Waals surface area (Å²) in [6, 6.07) is 17.2. The van der Waals surface area contributed by atoms with Gasteiger partial charge in [0, 0.05) is 28.0 Å². The zero-order valence-electron chi connectivity index (χ0n) is 15.1. The van der Waals surface area contributed by atoms with Crippen LogP contribution in [0, 0.1) is 0 Å². The van der Waals surface area contributed by atoms with Crippen molar-refractivity contribution in [2.45, 2.75) is 26.4 Å². The van der Waals surface area contributed by atoms with Gasteiger partial charge >= 0.3 is 6.09 Å². The summed E-state index contributed by atoms with van der Waals surface area (Å²) < 4.78 is 6.28. The molecule has 0 saturated carbocycles. The molecule has 6 heteroatoms. The SMILES string of the molecule is CC/C(Nc1ccc(Br)cc1)=C1\CCN(C(=O)OCc2ccccc2)C1=O. The molecule has 2 amide bonds. The maximum Gasteiger partial charge on any atom is 0.417 e.